The van der Waals surface area contributed by atoms with E-state index in [-0.39, 0.29) is 24.1 Å². The lowest BCUT2D eigenvalue weighted by Gasteiger charge is -2.23. The first-order valence-corrected chi connectivity index (χ1v) is 5.23. The van der Waals surface area contributed by atoms with Gasteiger partial charge in [-0.2, -0.15) is 0 Å². The van der Waals surface area contributed by atoms with Gasteiger partial charge in [-0.25, -0.2) is 4.79 Å². The van der Waals surface area contributed by atoms with E-state index in [1.807, 2.05) is 0 Å². The number of nitrogens with zero attached hydrogens (tertiary/aromatic N) is 1. The second kappa shape index (κ2) is 4.40. The quantitative estimate of drug-likeness (QED) is 0.793. The predicted octanol–water partition coefficient (Wildman–Crippen LogP) is 1.02. The SMILES string of the molecule is O=C(O)c1ccc(CN2C(=O)CCCC2=O)o1. The van der Waals surface area contributed by atoms with Crippen molar-refractivity contribution >= 4 is 17.8 Å². The van der Waals surface area contributed by atoms with Gasteiger partial charge in [0.05, 0.1) is 6.54 Å². The van der Waals surface area contributed by atoms with Gasteiger partial charge < -0.3 is 9.52 Å². The molecule has 2 heterocycles. The summed E-state index contributed by atoms with van der Waals surface area (Å²) in [6, 6.07) is 2.76. The Labute approximate surface area is 96.8 Å². The Bertz CT molecular complexity index is 460. The van der Waals surface area contributed by atoms with Crippen molar-refractivity contribution in [2.45, 2.75) is 25.8 Å². The fourth-order valence-corrected chi connectivity index (χ4v) is 1.71. The van der Waals surface area contributed by atoms with Crippen molar-refractivity contribution in [2.75, 3.05) is 0 Å². The Hall–Kier alpha value is -2.11. The summed E-state index contributed by atoms with van der Waals surface area (Å²) in [5, 5.41) is 8.67. The van der Waals surface area contributed by atoms with E-state index < -0.39 is 5.97 Å². The minimum atomic E-state index is -1.17. The van der Waals surface area contributed by atoms with Crippen LogP contribution in [0.25, 0.3) is 0 Å². The zero-order chi connectivity index (χ0) is 12.4. The van der Waals surface area contributed by atoms with Crippen LogP contribution in [0.1, 0.15) is 35.6 Å². The number of likely N-dealkylation sites (tertiary alicyclic amines) is 1. The average molecular weight is 237 g/mol. The molecule has 0 aliphatic carbocycles. The molecule has 1 aromatic heterocycles. The Morgan fingerprint density at radius 2 is 1.94 bits per heavy atom. The van der Waals surface area contributed by atoms with Gasteiger partial charge in [0.15, 0.2) is 0 Å². The van der Waals surface area contributed by atoms with E-state index in [1.165, 1.54) is 12.1 Å². The summed E-state index contributed by atoms with van der Waals surface area (Å²) < 4.78 is 5.00. The van der Waals surface area contributed by atoms with Gasteiger partial charge in [0.1, 0.15) is 5.76 Å². The standard InChI is InChI=1S/C11H11NO5/c13-9-2-1-3-10(14)12(9)6-7-4-5-8(17-7)11(15)16/h4-5H,1-3,6H2,(H,15,16). The maximum absolute atomic E-state index is 11.5. The minimum absolute atomic E-state index is 0.00491. The maximum atomic E-state index is 11.5. The van der Waals surface area contributed by atoms with Gasteiger partial charge in [-0.15, -0.1) is 0 Å². The number of piperidine rings is 1. The number of furan rings is 1. The van der Waals surface area contributed by atoms with E-state index in [2.05, 4.69) is 0 Å². The number of amides is 2. The third kappa shape index (κ3) is 2.35. The second-order valence-corrected chi connectivity index (χ2v) is 3.80. The van der Waals surface area contributed by atoms with E-state index in [0.29, 0.717) is 25.0 Å². The smallest absolute Gasteiger partial charge is 0.371 e. The number of hydrogen-bond donors (Lipinski definition) is 1. The van der Waals surface area contributed by atoms with Gasteiger partial charge in [0.2, 0.25) is 17.6 Å². The lowest BCUT2D eigenvalue weighted by atomic mass is 10.1. The highest BCUT2D eigenvalue weighted by molar-refractivity contribution is 5.97. The molecule has 0 bridgehead atoms. The fraction of sp³-hybridized carbons (Fsp3) is 0.364. The van der Waals surface area contributed by atoms with Crippen LogP contribution in [-0.2, 0) is 16.1 Å². The maximum Gasteiger partial charge on any atom is 0.371 e. The lowest BCUT2D eigenvalue weighted by Crippen LogP contribution is -2.39. The third-order valence-corrected chi connectivity index (χ3v) is 2.57. The van der Waals surface area contributed by atoms with Crippen molar-refractivity contribution in [3.05, 3.63) is 23.7 Å². The molecular formula is C11H11NO5. The summed E-state index contributed by atoms with van der Waals surface area (Å²) in [6.07, 6.45) is 1.27. The molecule has 0 saturated carbocycles. The van der Waals surface area contributed by atoms with Crippen LogP contribution in [0.15, 0.2) is 16.5 Å². The molecule has 1 aliphatic rings. The molecule has 1 aromatic rings. The summed E-state index contributed by atoms with van der Waals surface area (Å²) in [7, 11) is 0. The topological polar surface area (TPSA) is 87.8 Å². The van der Waals surface area contributed by atoms with Crippen LogP contribution in [0.5, 0.6) is 0 Å². The zero-order valence-corrected chi connectivity index (χ0v) is 9.01. The molecule has 1 aliphatic heterocycles. The Kier molecular flexibility index (Phi) is 2.95. The highest BCUT2D eigenvalue weighted by Gasteiger charge is 2.26. The summed E-state index contributed by atoms with van der Waals surface area (Å²) in [6.45, 7) is 0.00491. The monoisotopic (exact) mass is 237 g/mol. The van der Waals surface area contributed by atoms with Gasteiger partial charge >= 0.3 is 5.97 Å². The number of rotatable bonds is 3. The van der Waals surface area contributed by atoms with Crippen molar-refractivity contribution in [1.82, 2.24) is 4.90 Å². The van der Waals surface area contributed by atoms with E-state index >= 15 is 0 Å². The van der Waals surface area contributed by atoms with E-state index in [0.717, 1.165) is 4.90 Å². The Morgan fingerprint density at radius 3 is 2.47 bits per heavy atom. The average Bonchev–Trinajstić information content (AvgIpc) is 2.72. The molecule has 0 aromatic carbocycles. The minimum Gasteiger partial charge on any atom is -0.475 e. The summed E-state index contributed by atoms with van der Waals surface area (Å²) in [5.41, 5.74) is 0. The van der Waals surface area contributed by atoms with Gasteiger partial charge in [-0.3, -0.25) is 14.5 Å². The van der Waals surface area contributed by atoms with Crippen molar-refractivity contribution in [1.29, 1.82) is 0 Å². The molecule has 1 fully saturated rings. The van der Waals surface area contributed by atoms with Crippen LogP contribution in [0.3, 0.4) is 0 Å². The third-order valence-electron chi connectivity index (χ3n) is 2.57. The molecule has 6 nitrogen and oxygen atoms in total. The Morgan fingerprint density at radius 1 is 1.29 bits per heavy atom. The Balaban J connectivity index is 2.11. The zero-order valence-electron chi connectivity index (χ0n) is 9.01. The predicted molar refractivity (Wildman–Crippen MR) is 55.1 cm³/mol. The lowest BCUT2D eigenvalue weighted by molar-refractivity contribution is -0.149. The van der Waals surface area contributed by atoms with Crippen LogP contribution >= 0.6 is 0 Å². The van der Waals surface area contributed by atoms with Crippen LogP contribution in [0, 0.1) is 0 Å². The van der Waals surface area contributed by atoms with E-state index in [9.17, 15) is 14.4 Å². The molecule has 0 unspecified atom stereocenters. The van der Waals surface area contributed by atoms with Gasteiger partial charge in [0.25, 0.3) is 0 Å². The highest BCUT2D eigenvalue weighted by Crippen LogP contribution is 2.17. The molecule has 2 rings (SSSR count). The molecule has 0 radical (unpaired) electrons. The number of carbonyl (C=O) groups excluding carboxylic acids is 2. The molecule has 6 heteroatoms. The first kappa shape index (κ1) is 11.4. The van der Waals surface area contributed by atoms with Crippen LogP contribution < -0.4 is 0 Å². The highest BCUT2D eigenvalue weighted by atomic mass is 16.4. The van der Waals surface area contributed by atoms with Crippen LogP contribution in [-0.4, -0.2) is 27.8 Å². The number of aromatic carboxylic acids is 1. The largest absolute Gasteiger partial charge is 0.475 e. The second-order valence-electron chi connectivity index (χ2n) is 3.80. The number of carboxylic acids is 1. The van der Waals surface area contributed by atoms with Crippen molar-refractivity contribution in [3.63, 3.8) is 0 Å². The molecule has 1 N–H and O–H groups in total. The summed E-state index contributed by atoms with van der Waals surface area (Å²) in [5.74, 6) is -1.56. The molecular weight excluding hydrogens is 226 g/mol. The van der Waals surface area contributed by atoms with Gasteiger partial charge in [0, 0.05) is 12.8 Å². The van der Waals surface area contributed by atoms with Crippen molar-refractivity contribution < 1.29 is 23.9 Å². The first-order chi connectivity index (χ1) is 8.08. The first-order valence-electron chi connectivity index (χ1n) is 5.23. The normalized spacial score (nSPS) is 16.4. The van der Waals surface area contributed by atoms with Crippen LogP contribution in [0.2, 0.25) is 0 Å². The molecule has 0 spiro atoms. The van der Waals surface area contributed by atoms with E-state index in [4.69, 9.17) is 9.52 Å². The van der Waals surface area contributed by atoms with Crippen LogP contribution in [0.4, 0.5) is 0 Å². The number of hydrogen-bond acceptors (Lipinski definition) is 4. The summed E-state index contributed by atoms with van der Waals surface area (Å²) >= 11 is 0. The molecule has 2 amide bonds. The summed E-state index contributed by atoms with van der Waals surface area (Å²) in [4.78, 5) is 34.7. The molecule has 0 atom stereocenters. The van der Waals surface area contributed by atoms with Gasteiger partial charge in [-0.05, 0) is 18.6 Å². The molecule has 1 saturated heterocycles. The van der Waals surface area contributed by atoms with Crippen molar-refractivity contribution in [2.24, 2.45) is 0 Å². The molecule has 90 valence electrons. The van der Waals surface area contributed by atoms with Crippen molar-refractivity contribution in [3.8, 4) is 0 Å². The number of carboxylic acid groups (broad SMARTS) is 1. The van der Waals surface area contributed by atoms with E-state index in [1.54, 1.807) is 0 Å². The molecule has 17 heavy (non-hydrogen) atoms. The number of carbonyl (C=O) groups is 3. The fourth-order valence-electron chi connectivity index (χ4n) is 1.71. The van der Waals surface area contributed by atoms with Gasteiger partial charge in [-0.1, -0.05) is 0 Å². The number of imide groups is 1.